The third kappa shape index (κ3) is 2.96. The molecule has 0 saturated heterocycles. The van der Waals surface area contributed by atoms with Crippen molar-refractivity contribution in [3.05, 3.63) is 52.4 Å². The van der Waals surface area contributed by atoms with E-state index in [1.807, 2.05) is 37.3 Å². The molecule has 3 rings (SSSR count). The van der Waals surface area contributed by atoms with Crippen molar-refractivity contribution in [3.8, 4) is 11.4 Å². The van der Waals surface area contributed by atoms with Crippen LogP contribution in [0.1, 0.15) is 12.6 Å². The molecule has 2 heterocycles. The quantitative estimate of drug-likeness (QED) is 0.569. The van der Waals surface area contributed by atoms with Crippen molar-refractivity contribution in [1.82, 2.24) is 24.9 Å². The third-order valence-corrected chi connectivity index (χ3v) is 3.15. The Morgan fingerprint density at radius 2 is 2.10 bits per heavy atom. The normalized spacial score (nSPS) is 12.7. The monoisotopic (exact) mass is 303 g/mol. The first-order valence-electron chi connectivity index (χ1n) is 6.55. The van der Waals surface area contributed by atoms with E-state index in [2.05, 4.69) is 20.4 Å². The Morgan fingerprint density at radius 3 is 2.81 bits per heavy atom. The molecule has 7 heteroatoms. The van der Waals surface area contributed by atoms with Crippen LogP contribution >= 0.6 is 11.6 Å². The summed E-state index contributed by atoms with van der Waals surface area (Å²) in [6.07, 6.45) is 0. The lowest BCUT2D eigenvalue weighted by Crippen LogP contribution is -2.23. The van der Waals surface area contributed by atoms with Gasteiger partial charge in [-0.15, -0.1) is 11.6 Å². The van der Waals surface area contributed by atoms with Crippen molar-refractivity contribution in [3.63, 3.8) is 0 Å². The summed E-state index contributed by atoms with van der Waals surface area (Å²) in [4.78, 5) is 20.8. The standard InChI is InChI=1S/C14H14ClN5O/c1-9(15)16-8-11-7-12(21)20-14(17-11)18-13(19-20)10-5-3-2-4-6-10/h2-7,9,16H,8H2,1H3,(H,17,18,19). The molecule has 108 valence electrons. The molecule has 2 N–H and O–H groups in total. The van der Waals surface area contributed by atoms with Crippen LogP contribution in [0.5, 0.6) is 0 Å². The highest BCUT2D eigenvalue weighted by atomic mass is 35.5. The predicted octanol–water partition coefficient (Wildman–Crippen LogP) is 1.76. The Kier molecular flexibility index (Phi) is 3.72. The minimum atomic E-state index is -0.200. The van der Waals surface area contributed by atoms with Crippen molar-refractivity contribution in [1.29, 1.82) is 0 Å². The summed E-state index contributed by atoms with van der Waals surface area (Å²) in [7, 11) is 0. The van der Waals surface area contributed by atoms with E-state index < -0.39 is 0 Å². The Balaban J connectivity index is 2.01. The van der Waals surface area contributed by atoms with Crippen LogP contribution in [0.3, 0.4) is 0 Å². The molecular formula is C14H14ClN5O. The van der Waals surface area contributed by atoms with Gasteiger partial charge in [-0.05, 0) is 6.92 Å². The average molecular weight is 304 g/mol. The largest absolute Gasteiger partial charge is 0.296 e. The fourth-order valence-electron chi connectivity index (χ4n) is 1.99. The van der Waals surface area contributed by atoms with Crippen LogP contribution in [-0.4, -0.2) is 25.1 Å². The Morgan fingerprint density at radius 1 is 1.33 bits per heavy atom. The van der Waals surface area contributed by atoms with Crippen LogP contribution in [0.2, 0.25) is 0 Å². The molecule has 0 saturated carbocycles. The van der Waals surface area contributed by atoms with Gasteiger partial charge in [0.2, 0.25) is 0 Å². The molecule has 0 bridgehead atoms. The number of halogens is 1. The van der Waals surface area contributed by atoms with Gasteiger partial charge in [0.25, 0.3) is 11.3 Å². The number of nitrogens with one attached hydrogen (secondary N) is 2. The fraction of sp³-hybridized carbons (Fsp3) is 0.214. The van der Waals surface area contributed by atoms with Crippen LogP contribution in [-0.2, 0) is 6.54 Å². The van der Waals surface area contributed by atoms with Crippen LogP contribution in [0.25, 0.3) is 17.2 Å². The average Bonchev–Trinajstić information content (AvgIpc) is 2.91. The topological polar surface area (TPSA) is 75.1 Å². The molecule has 1 unspecified atom stereocenters. The zero-order valence-electron chi connectivity index (χ0n) is 11.4. The summed E-state index contributed by atoms with van der Waals surface area (Å²) in [5.74, 6) is 0.955. The molecule has 0 aliphatic carbocycles. The molecule has 3 aromatic rings. The number of alkyl halides is 1. The molecule has 1 atom stereocenters. The molecular weight excluding hydrogens is 290 g/mol. The molecule has 6 nitrogen and oxygen atoms in total. The van der Waals surface area contributed by atoms with E-state index >= 15 is 0 Å². The summed E-state index contributed by atoms with van der Waals surface area (Å²) in [5, 5.41) is 5.97. The number of nitrogens with zero attached hydrogens (tertiary/aromatic N) is 3. The number of hydrogen-bond acceptors (Lipinski definition) is 4. The second kappa shape index (κ2) is 5.67. The number of H-pyrrole nitrogens is 1. The second-order valence-electron chi connectivity index (χ2n) is 4.66. The summed E-state index contributed by atoms with van der Waals surface area (Å²) in [6.45, 7) is 2.24. The molecule has 21 heavy (non-hydrogen) atoms. The number of aromatic nitrogens is 4. The first kappa shape index (κ1) is 13.8. The Hall–Kier alpha value is -2.18. The molecule has 0 fully saturated rings. The molecule has 0 radical (unpaired) electrons. The van der Waals surface area contributed by atoms with Gasteiger partial charge < -0.3 is 0 Å². The number of aromatic amines is 1. The van der Waals surface area contributed by atoms with Gasteiger partial charge >= 0.3 is 0 Å². The summed E-state index contributed by atoms with van der Waals surface area (Å²) < 4.78 is 1.33. The fourth-order valence-corrected chi connectivity index (χ4v) is 2.07. The molecule has 0 amide bonds. The van der Waals surface area contributed by atoms with Crippen LogP contribution < -0.4 is 10.9 Å². The number of fused-ring (bicyclic) bond motifs is 1. The number of hydrogen-bond donors (Lipinski definition) is 2. The minimum Gasteiger partial charge on any atom is -0.296 e. The molecule has 2 aromatic heterocycles. The van der Waals surface area contributed by atoms with Gasteiger partial charge in [-0.3, -0.25) is 15.2 Å². The first-order valence-corrected chi connectivity index (χ1v) is 6.99. The van der Waals surface area contributed by atoms with Gasteiger partial charge in [0.05, 0.1) is 11.2 Å². The van der Waals surface area contributed by atoms with Crippen molar-refractivity contribution in [2.75, 3.05) is 0 Å². The van der Waals surface area contributed by atoms with Crippen LogP contribution in [0.4, 0.5) is 0 Å². The maximum absolute atomic E-state index is 12.1. The van der Waals surface area contributed by atoms with E-state index in [1.165, 1.54) is 10.6 Å². The number of benzene rings is 1. The van der Waals surface area contributed by atoms with E-state index in [9.17, 15) is 4.79 Å². The molecule has 0 aliphatic rings. The van der Waals surface area contributed by atoms with Crippen molar-refractivity contribution >= 4 is 17.4 Å². The predicted molar refractivity (Wildman–Crippen MR) is 81.2 cm³/mol. The van der Waals surface area contributed by atoms with E-state index in [0.717, 1.165) is 5.56 Å². The third-order valence-electron chi connectivity index (χ3n) is 3.00. The van der Waals surface area contributed by atoms with Crippen molar-refractivity contribution in [2.45, 2.75) is 19.0 Å². The Labute approximate surface area is 125 Å². The van der Waals surface area contributed by atoms with Gasteiger partial charge in [-0.25, -0.2) is 4.98 Å². The van der Waals surface area contributed by atoms with Gasteiger partial charge in [0.15, 0.2) is 5.82 Å². The number of rotatable bonds is 4. The minimum absolute atomic E-state index is 0.190. The van der Waals surface area contributed by atoms with Crippen LogP contribution in [0, 0.1) is 0 Å². The lowest BCUT2D eigenvalue weighted by molar-refractivity contribution is 0.664. The molecule has 0 aliphatic heterocycles. The highest BCUT2D eigenvalue weighted by Crippen LogP contribution is 2.14. The second-order valence-corrected chi connectivity index (χ2v) is 5.31. The lowest BCUT2D eigenvalue weighted by Gasteiger charge is -2.04. The smallest absolute Gasteiger partial charge is 0.274 e. The lowest BCUT2D eigenvalue weighted by atomic mass is 10.2. The van der Waals surface area contributed by atoms with E-state index in [4.69, 9.17) is 11.6 Å². The Bertz CT molecular complexity index is 809. The highest BCUT2D eigenvalue weighted by Gasteiger charge is 2.09. The maximum Gasteiger partial charge on any atom is 0.274 e. The SMILES string of the molecule is CC(Cl)NCc1cc(=O)n2[nH]c(-c3ccccc3)nc2n1. The van der Waals surface area contributed by atoms with Gasteiger partial charge in [-0.2, -0.15) is 9.50 Å². The van der Waals surface area contributed by atoms with Crippen LogP contribution in [0.15, 0.2) is 41.2 Å². The molecule has 0 spiro atoms. The van der Waals surface area contributed by atoms with Gasteiger partial charge in [0, 0.05) is 18.2 Å². The van der Waals surface area contributed by atoms with Gasteiger partial charge in [-0.1, -0.05) is 30.3 Å². The van der Waals surface area contributed by atoms with Crippen molar-refractivity contribution < 1.29 is 0 Å². The van der Waals surface area contributed by atoms with E-state index in [1.54, 1.807) is 0 Å². The summed E-state index contributed by atoms with van der Waals surface area (Å²) in [6, 6.07) is 11.0. The van der Waals surface area contributed by atoms with Crippen molar-refractivity contribution in [2.24, 2.45) is 0 Å². The zero-order valence-corrected chi connectivity index (χ0v) is 12.1. The summed E-state index contributed by atoms with van der Waals surface area (Å²) in [5.41, 5.74) is 1.12. The zero-order chi connectivity index (χ0) is 14.8. The first-order chi connectivity index (χ1) is 10.1. The summed E-state index contributed by atoms with van der Waals surface area (Å²) >= 11 is 5.83. The van der Waals surface area contributed by atoms with E-state index in [-0.39, 0.29) is 11.1 Å². The highest BCUT2D eigenvalue weighted by molar-refractivity contribution is 6.20. The van der Waals surface area contributed by atoms with Gasteiger partial charge in [0.1, 0.15) is 0 Å². The molecule has 1 aromatic carbocycles. The maximum atomic E-state index is 12.1. The van der Waals surface area contributed by atoms with E-state index in [0.29, 0.717) is 23.8 Å².